The number of allylic oxidation sites excluding steroid dienone is 3. The van der Waals surface area contributed by atoms with E-state index in [4.69, 9.17) is 17.3 Å². The summed E-state index contributed by atoms with van der Waals surface area (Å²) in [5.41, 5.74) is 7.50. The monoisotopic (exact) mass is 417 g/mol. The lowest BCUT2D eigenvalue weighted by molar-refractivity contribution is 0.985. The third-order valence-electron chi connectivity index (χ3n) is 2.93. The number of nitrogens with one attached hydrogen (secondary N) is 1. The number of hydrogen-bond acceptors (Lipinski definition) is 5. The zero-order chi connectivity index (χ0) is 16.1. The van der Waals surface area contributed by atoms with E-state index in [0.717, 1.165) is 31.7 Å². The summed E-state index contributed by atoms with van der Waals surface area (Å²) in [5, 5.41) is 3.84. The van der Waals surface area contributed by atoms with Crippen molar-refractivity contribution in [3.8, 4) is 0 Å². The largest absolute Gasteiger partial charge is 0.379 e. The minimum absolute atomic E-state index is 0.464. The molecule has 0 atom stereocenters. The zero-order valence-electron chi connectivity index (χ0n) is 12.1. The highest BCUT2D eigenvalue weighted by molar-refractivity contribution is 9.10. The summed E-state index contributed by atoms with van der Waals surface area (Å²) in [6, 6.07) is 1.84. The standard InChI is InChI=1S/C15H17BrClN3S2/c1-2-3-4-9(21)8-19-10-7-12(17)20-14-13(16)11(5-6-18)22-15(10)14/h2-4,7,21H,5-6,8,18H2,1H3,(H,19,20)/b3-2-,9-4-. The lowest BCUT2D eigenvalue weighted by Crippen LogP contribution is -2.02. The Balaban J connectivity index is 2.34. The van der Waals surface area contributed by atoms with Crippen molar-refractivity contribution >= 4 is 67.4 Å². The van der Waals surface area contributed by atoms with E-state index in [2.05, 4.69) is 38.9 Å². The molecule has 0 radical (unpaired) electrons. The summed E-state index contributed by atoms with van der Waals surface area (Å²) in [6.07, 6.45) is 6.70. The molecule has 0 spiro atoms. The summed E-state index contributed by atoms with van der Waals surface area (Å²) in [6.45, 7) is 3.21. The van der Waals surface area contributed by atoms with Crippen LogP contribution in [0.1, 0.15) is 11.8 Å². The predicted octanol–water partition coefficient (Wildman–Crippen LogP) is 5.02. The molecule has 0 bridgehead atoms. The number of anilines is 1. The minimum Gasteiger partial charge on any atom is -0.379 e. The van der Waals surface area contributed by atoms with Crippen LogP contribution in [0.3, 0.4) is 0 Å². The average molecular weight is 419 g/mol. The maximum Gasteiger partial charge on any atom is 0.131 e. The third kappa shape index (κ3) is 4.26. The van der Waals surface area contributed by atoms with E-state index in [0.29, 0.717) is 18.2 Å². The molecule has 7 heteroatoms. The Morgan fingerprint density at radius 1 is 1.59 bits per heavy atom. The average Bonchev–Trinajstić information content (AvgIpc) is 2.80. The summed E-state index contributed by atoms with van der Waals surface area (Å²) in [7, 11) is 0. The molecule has 0 saturated carbocycles. The van der Waals surface area contributed by atoms with Crippen molar-refractivity contribution < 1.29 is 0 Å². The van der Waals surface area contributed by atoms with Crippen LogP contribution in [-0.4, -0.2) is 18.1 Å². The Hall–Kier alpha value is -0.530. The quantitative estimate of drug-likeness (QED) is 0.351. The maximum absolute atomic E-state index is 6.14. The Morgan fingerprint density at radius 2 is 2.36 bits per heavy atom. The summed E-state index contributed by atoms with van der Waals surface area (Å²) >= 11 is 15.9. The first-order valence-electron chi connectivity index (χ1n) is 6.79. The molecule has 0 aliphatic rings. The van der Waals surface area contributed by atoms with E-state index in [1.54, 1.807) is 11.3 Å². The summed E-state index contributed by atoms with van der Waals surface area (Å²) in [5.74, 6) is 0. The van der Waals surface area contributed by atoms with Gasteiger partial charge in [0.25, 0.3) is 0 Å². The second kappa shape index (κ2) is 8.36. The first kappa shape index (κ1) is 17.8. The Labute approximate surface area is 153 Å². The van der Waals surface area contributed by atoms with E-state index >= 15 is 0 Å². The molecule has 0 aliphatic carbocycles. The van der Waals surface area contributed by atoms with Crippen molar-refractivity contribution in [2.75, 3.05) is 18.4 Å². The van der Waals surface area contributed by atoms with Gasteiger partial charge < -0.3 is 11.1 Å². The minimum atomic E-state index is 0.464. The van der Waals surface area contributed by atoms with Gasteiger partial charge in [-0.05, 0) is 35.8 Å². The van der Waals surface area contributed by atoms with E-state index in [1.807, 2.05) is 31.2 Å². The molecular weight excluding hydrogens is 402 g/mol. The van der Waals surface area contributed by atoms with Gasteiger partial charge in [-0.25, -0.2) is 4.98 Å². The highest BCUT2D eigenvalue weighted by atomic mass is 79.9. The molecule has 0 unspecified atom stereocenters. The normalized spacial score (nSPS) is 12.5. The number of halogens is 2. The molecule has 2 rings (SSSR count). The lowest BCUT2D eigenvalue weighted by atomic mass is 10.3. The van der Waals surface area contributed by atoms with Crippen LogP contribution < -0.4 is 11.1 Å². The number of fused-ring (bicyclic) bond motifs is 1. The van der Waals surface area contributed by atoms with E-state index in [-0.39, 0.29) is 0 Å². The molecule has 0 fully saturated rings. The fourth-order valence-electron chi connectivity index (χ4n) is 1.93. The van der Waals surface area contributed by atoms with Gasteiger partial charge in [0.1, 0.15) is 5.15 Å². The molecule has 0 amide bonds. The molecule has 2 aromatic heterocycles. The lowest BCUT2D eigenvalue weighted by Gasteiger charge is -2.07. The highest BCUT2D eigenvalue weighted by Gasteiger charge is 2.15. The van der Waals surface area contributed by atoms with Crippen LogP contribution in [0.25, 0.3) is 10.2 Å². The summed E-state index contributed by atoms with van der Waals surface area (Å²) < 4.78 is 2.06. The van der Waals surface area contributed by atoms with Crippen molar-refractivity contribution in [2.45, 2.75) is 13.3 Å². The second-order valence-corrected chi connectivity index (χ2v) is 7.45. The van der Waals surface area contributed by atoms with Crippen LogP contribution in [0.2, 0.25) is 5.15 Å². The first-order valence-corrected chi connectivity index (χ1v) is 9.22. The van der Waals surface area contributed by atoms with Gasteiger partial charge >= 0.3 is 0 Å². The van der Waals surface area contributed by atoms with Gasteiger partial charge in [-0.15, -0.1) is 24.0 Å². The molecule has 0 saturated heterocycles. The molecule has 3 nitrogen and oxygen atoms in total. The Bertz CT molecular complexity index is 725. The molecule has 3 N–H and O–H groups in total. The molecule has 22 heavy (non-hydrogen) atoms. The summed E-state index contributed by atoms with van der Waals surface area (Å²) in [4.78, 5) is 6.55. The van der Waals surface area contributed by atoms with Gasteiger partial charge in [0.2, 0.25) is 0 Å². The Kier molecular flexibility index (Phi) is 6.77. The number of hydrogen-bond donors (Lipinski definition) is 3. The second-order valence-electron chi connectivity index (χ2n) is 4.59. The van der Waals surface area contributed by atoms with Gasteiger partial charge in [-0.3, -0.25) is 0 Å². The number of thiophene rings is 1. The highest BCUT2D eigenvalue weighted by Crippen LogP contribution is 2.39. The first-order chi connectivity index (χ1) is 10.6. The van der Waals surface area contributed by atoms with Crippen LogP contribution in [-0.2, 0) is 6.42 Å². The number of thiol groups is 1. The van der Waals surface area contributed by atoms with Crippen LogP contribution in [0, 0.1) is 0 Å². The van der Waals surface area contributed by atoms with Crippen LogP contribution >= 0.6 is 51.5 Å². The van der Waals surface area contributed by atoms with Crippen molar-refractivity contribution in [1.82, 2.24) is 4.98 Å². The van der Waals surface area contributed by atoms with Crippen molar-refractivity contribution in [3.63, 3.8) is 0 Å². The predicted molar refractivity (Wildman–Crippen MR) is 105 cm³/mol. The molecule has 0 aliphatic heterocycles. The van der Waals surface area contributed by atoms with E-state index < -0.39 is 0 Å². The van der Waals surface area contributed by atoms with Gasteiger partial charge in [0, 0.05) is 22.4 Å². The number of rotatable bonds is 6. The SMILES string of the molecule is C/C=C\C=C(/S)CNc1cc(Cl)nc2c(Br)c(CCN)sc12. The zero-order valence-corrected chi connectivity index (χ0v) is 16.1. The molecule has 0 aromatic carbocycles. The van der Waals surface area contributed by atoms with Crippen LogP contribution in [0.5, 0.6) is 0 Å². The van der Waals surface area contributed by atoms with Crippen molar-refractivity contribution in [2.24, 2.45) is 5.73 Å². The van der Waals surface area contributed by atoms with Crippen molar-refractivity contribution in [3.05, 3.63) is 43.7 Å². The van der Waals surface area contributed by atoms with Crippen LogP contribution in [0.15, 0.2) is 33.7 Å². The Morgan fingerprint density at radius 3 is 3.05 bits per heavy atom. The maximum atomic E-state index is 6.14. The number of nitrogens with two attached hydrogens (primary N) is 1. The van der Waals surface area contributed by atoms with E-state index in [1.165, 1.54) is 4.88 Å². The molecule has 2 aromatic rings. The van der Waals surface area contributed by atoms with Gasteiger partial charge in [-0.1, -0.05) is 29.8 Å². The topological polar surface area (TPSA) is 50.9 Å². The molecule has 118 valence electrons. The van der Waals surface area contributed by atoms with Gasteiger partial charge in [0.15, 0.2) is 0 Å². The fraction of sp³-hybridized carbons (Fsp3) is 0.267. The smallest absolute Gasteiger partial charge is 0.131 e. The fourth-order valence-corrected chi connectivity index (χ4v) is 4.29. The molecular formula is C15H17BrClN3S2. The molecule has 2 heterocycles. The van der Waals surface area contributed by atoms with E-state index in [9.17, 15) is 0 Å². The number of aromatic nitrogens is 1. The third-order valence-corrected chi connectivity index (χ3v) is 5.82. The van der Waals surface area contributed by atoms with Gasteiger partial charge in [0.05, 0.1) is 20.4 Å². The van der Waals surface area contributed by atoms with Crippen LogP contribution in [0.4, 0.5) is 5.69 Å². The van der Waals surface area contributed by atoms with Gasteiger partial charge in [-0.2, -0.15) is 0 Å². The number of nitrogens with zero attached hydrogens (tertiary/aromatic N) is 1. The van der Waals surface area contributed by atoms with Crippen molar-refractivity contribution in [1.29, 1.82) is 0 Å². The number of pyridine rings is 1.